The molecule has 0 aromatic carbocycles. The summed E-state index contributed by atoms with van der Waals surface area (Å²) in [5.74, 6) is -20.7. The van der Waals surface area contributed by atoms with E-state index in [0.29, 0.717) is 0 Å². The number of carbonyl (C=O) groups excluding carboxylic acids is 16. The summed E-state index contributed by atoms with van der Waals surface area (Å²) in [6, 6.07) is -18.6. The second kappa shape index (κ2) is 46.0. The van der Waals surface area contributed by atoms with Gasteiger partial charge in [-0.1, -0.05) is 41.5 Å². The molecule has 0 aliphatic carbocycles. The van der Waals surface area contributed by atoms with Crippen LogP contribution in [0, 0.1) is 23.2 Å². The molecule has 0 fully saturated rings. The highest BCUT2D eigenvalue weighted by Crippen LogP contribution is 2.13. The average Bonchev–Trinajstić information content (AvgIpc) is 0.865. The molecule has 0 aliphatic rings. The van der Waals surface area contributed by atoms with Gasteiger partial charge in [0.1, 0.15) is 66.5 Å². The molecular weight excluding hydrogens is 1320 g/mol. The summed E-state index contributed by atoms with van der Waals surface area (Å²) in [7, 11) is 0. The highest BCUT2D eigenvalue weighted by atomic mass is 16.4. The Labute approximate surface area is 576 Å². The molecule has 0 radical (unpaired) electrons. The van der Waals surface area contributed by atoms with Crippen molar-refractivity contribution in [2.45, 2.75) is 218 Å². The van der Waals surface area contributed by atoms with Crippen LogP contribution in [0.5, 0.6) is 0 Å². The van der Waals surface area contributed by atoms with Gasteiger partial charge in [0, 0.05) is 38.6 Å². The smallest absolute Gasteiger partial charge is 0.326 e. The number of aliphatic hydroxyl groups excluding tert-OH is 1. The van der Waals surface area contributed by atoms with Gasteiger partial charge in [0.15, 0.2) is 5.96 Å². The third-order valence-corrected chi connectivity index (χ3v) is 14.5. The van der Waals surface area contributed by atoms with Crippen LogP contribution in [0.3, 0.4) is 0 Å². The number of aliphatic hydroxyl groups is 1. The summed E-state index contributed by atoms with van der Waals surface area (Å²) < 4.78 is 0. The van der Waals surface area contributed by atoms with Gasteiger partial charge in [0.05, 0.1) is 19.2 Å². The van der Waals surface area contributed by atoms with Crippen molar-refractivity contribution in [3.63, 3.8) is 0 Å². The van der Waals surface area contributed by atoms with Crippen LogP contribution in [-0.2, 0) is 86.3 Å². The molecule has 0 saturated heterocycles. The van der Waals surface area contributed by atoms with E-state index in [-0.39, 0.29) is 62.9 Å². The SMILES string of the molecule is CC(C)C[C@H](NC(=O)[C@H](CCC(=O)O)NC(=O)[C@H](C)NC(=O)CNC(=O)[C@H](CO)NC(=O)[C@H](CCC(N)=O)NC(=O)[C@H](CCC(N)=O)NC(=O)[C@H](CC(C)C)NC(=O)[C@H](CCC(N)=O)NC(=O)[C@@H](NC(=O)[C@@H](N)CCC(N)=O)C(C)C)C(=O)N[C@@H](C)C(=O)N[C@@H](CCCNC(=N)N)C(=O)O. The number of amides is 16. The number of aliphatic carboxylic acids is 2. The van der Waals surface area contributed by atoms with Crippen molar-refractivity contribution < 1.29 is 102 Å². The van der Waals surface area contributed by atoms with E-state index in [4.69, 9.17) is 39.8 Å². The molecule has 41 heteroatoms. The Hall–Kier alpha value is -10.3. The normalized spacial score (nSPS) is 14.6. The van der Waals surface area contributed by atoms with Gasteiger partial charge in [0.25, 0.3) is 0 Å². The average molecular weight is 1430 g/mol. The summed E-state index contributed by atoms with van der Waals surface area (Å²) in [5, 5.41) is 67.0. The Morgan fingerprint density at radius 3 is 1.10 bits per heavy atom. The molecule has 0 unspecified atom stereocenters. The third kappa shape index (κ3) is 37.4. The lowest BCUT2D eigenvalue weighted by molar-refractivity contribution is -0.142. The molecule has 16 amide bonds. The standard InChI is InChI=1S/C59H102N20O21/c1-26(2)22-37(55(96)70-30(8)48(89)75-36(58(99)100)10-9-21-67-59(65)66)76-53(94)35(15-20-45(86)87)71-47(88)29(7)69-44(85)24-68-50(91)39(25-80)78-54(95)33(13-18-42(63)83)72-51(92)32(12-17-41(62)82)73-56(97)38(23-27(3)4)77-52(93)34(14-19-43(64)84)74-57(98)46(28(5)6)79-49(90)31(60)11-16-40(61)81/h26-39,46,80H,9-25,60H2,1-8H3,(H2,61,81)(H2,62,82)(H2,63,83)(H2,64,84)(H,68,91)(H,69,85)(H,70,96)(H,71,88)(H,72,92)(H,73,97)(H,74,98)(H,75,89)(H,76,94)(H,77,93)(H,78,95)(H,79,90)(H,86,87)(H,99,100)(H4,65,66,67)/t29-,30-,31-,32-,33-,34-,35-,36-,37-,38-,39-,46-/m0/s1. The minimum absolute atomic E-state index is 0.0588. The minimum Gasteiger partial charge on any atom is -0.481 e. The first-order chi connectivity index (χ1) is 46.5. The first-order valence-corrected chi connectivity index (χ1v) is 32.1. The van der Waals surface area contributed by atoms with Crippen molar-refractivity contribution >= 4 is 112 Å². The number of carboxylic acids is 2. The van der Waals surface area contributed by atoms with Crippen LogP contribution >= 0.6 is 0 Å². The maximum atomic E-state index is 14.1. The van der Waals surface area contributed by atoms with Crippen molar-refractivity contribution in [3.05, 3.63) is 0 Å². The van der Waals surface area contributed by atoms with E-state index in [1.807, 2.05) is 0 Å². The number of rotatable bonds is 50. The number of nitrogens with two attached hydrogens (primary N) is 6. The van der Waals surface area contributed by atoms with Gasteiger partial charge in [-0.25, -0.2) is 4.79 Å². The monoisotopic (exact) mass is 1430 g/mol. The lowest BCUT2D eigenvalue weighted by Gasteiger charge is -2.28. The molecular formula is C59H102N20O21. The minimum atomic E-state index is -1.91. The summed E-state index contributed by atoms with van der Waals surface area (Å²) in [6.45, 7) is 10.1. The van der Waals surface area contributed by atoms with E-state index >= 15 is 0 Å². The molecule has 0 saturated carbocycles. The topological polar surface area (TPSA) is 704 Å². The fourth-order valence-corrected chi connectivity index (χ4v) is 9.06. The zero-order chi connectivity index (χ0) is 76.8. The van der Waals surface area contributed by atoms with Gasteiger partial charge in [-0.2, -0.15) is 0 Å². The van der Waals surface area contributed by atoms with Gasteiger partial charge < -0.3 is 119 Å². The van der Waals surface area contributed by atoms with Crippen molar-refractivity contribution in [2.24, 2.45) is 52.2 Å². The number of carbonyl (C=O) groups is 18. The van der Waals surface area contributed by atoms with Crippen molar-refractivity contribution in [3.8, 4) is 0 Å². The molecule has 12 atom stereocenters. The Kier molecular flexibility index (Phi) is 41.3. The molecule has 29 N–H and O–H groups in total. The third-order valence-electron chi connectivity index (χ3n) is 14.5. The van der Waals surface area contributed by atoms with Crippen molar-refractivity contribution in [1.29, 1.82) is 5.41 Å². The van der Waals surface area contributed by atoms with E-state index in [2.05, 4.69) is 69.1 Å². The highest BCUT2D eigenvalue weighted by molar-refractivity contribution is 6.00. The Morgan fingerprint density at radius 2 is 0.720 bits per heavy atom. The molecule has 100 heavy (non-hydrogen) atoms. The lowest BCUT2D eigenvalue weighted by Crippen LogP contribution is -2.61. The summed E-state index contributed by atoms with van der Waals surface area (Å²) in [5.41, 5.74) is 32.4. The first kappa shape index (κ1) is 89.6. The maximum Gasteiger partial charge on any atom is 0.326 e. The molecule has 0 heterocycles. The lowest BCUT2D eigenvalue weighted by atomic mass is 9.99. The van der Waals surface area contributed by atoms with Gasteiger partial charge in [-0.3, -0.25) is 86.9 Å². The van der Waals surface area contributed by atoms with Crippen LogP contribution in [0.1, 0.15) is 145 Å². The van der Waals surface area contributed by atoms with Crippen LogP contribution < -0.4 is 104 Å². The molecule has 0 aromatic heterocycles. The zero-order valence-corrected chi connectivity index (χ0v) is 57.3. The van der Waals surface area contributed by atoms with E-state index in [1.54, 1.807) is 41.5 Å². The fraction of sp³-hybridized carbons (Fsp3) is 0.678. The summed E-state index contributed by atoms with van der Waals surface area (Å²) in [4.78, 5) is 233. The second-order valence-corrected chi connectivity index (χ2v) is 24.8. The van der Waals surface area contributed by atoms with Crippen molar-refractivity contribution in [2.75, 3.05) is 19.7 Å². The van der Waals surface area contributed by atoms with E-state index in [1.165, 1.54) is 6.92 Å². The van der Waals surface area contributed by atoms with Crippen LogP contribution in [0.2, 0.25) is 0 Å². The van der Waals surface area contributed by atoms with Crippen molar-refractivity contribution in [1.82, 2.24) is 69.1 Å². The van der Waals surface area contributed by atoms with Crippen LogP contribution in [0.4, 0.5) is 0 Å². The number of primary amides is 4. The molecule has 0 bridgehead atoms. The van der Waals surface area contributed by atoms with Crippen LogP contribution in [-0.4, -0.2) is 220 Å². The summed E-state index contributed by atoms with van der Waals surface area (Å²) >= 11 is 0. The second-order valence-electron chi connectivity index (χ2n) is 24.8. The molecule has 0 aliphatic heterocycles. The Morgan fingerprint density at radius 1 is 0.370 bits per heavy atom. The molecule has 0 aromatic rings. The number of hydrogen-bond acceptors (Lipinski definition) is 21. The van der Waals surface area contributed by atoms with Crippen LogP contribution in [0.25, 0.3) is 0 Å². The molecule has 0 rings (SSSR count). The zero-order valence-electron chi connectivity index (χ0n) is 57.3. The molecule has 564 valence electrons. The highest BCUT2D eigenvalue weighted by Gasteiger charge is 2.37. The van der Waals surface area contributed by atoms with E-state index in [9.17, 15) is 102 Å². The predicted octanol–water partition coefficient (Wildman–Crippen LogP) is -9.18. The first-order valence-electron chi connectivity index (χ1n) is 32.1. The van der Waals surface area contributed by atoms with Gasteiger partial charge in [0.2, 0.25) is 94.5 Å². The van der Waals surface area contributed by atoms with Gasteiger partial charge in [-0.15, -0.1) is 0 Å². The number of hydrogen-bond donors (Lipinski definition) is 23. The number of carboxylic acid groups (broad SMARTS) is 2. The number of nitrogens with one attached hydrogen (secondary N) is 14. The predicted molar refractivity (Wildman–Crippen MR) is 352 cm³/mol. The van der Waals surface area contributed by atoms with Gasteiger partial charge >= 0.3 is 11.9 Å². The van der Waals surface area contributed by atoms with E-state index in [0.717, 1.165) is 6.92 Å². The van der Waals surface area contributed by atoms with E-state index < -0.39 is 249 Å². The summed E-state index contributed by atoms with van der Waals surface area (Å²) in [6.07, 6.45) is -4.96. The molecule has 0 spiro atoms. The number of guanidine groups is 1. The maximum absolute atomic E-state index is 14.1. The van der Waals surface area contributed by atoms with Gasteiger partial charge in [-0.05, 0) is 89.4 Å². The Bertz CT molecular complexity index is 2920. The fourth-order valence-electron chi connectivity index (χ4n) is 9.06. The quantitative estimate of drug-likeness (QED) is 0.0153. The largest absolute Gasteiger partial charge is 0.481 e. The molecule has 41 nitrogen and oxygen atoms in total. The Balaban J connectivity index is 6.44. The van der Waals surface area contributed by atoms with Crippen LogP contribution in [0.15, 0.2) is 0 Å².